The van der Waals surface area contributed by atoms with Crippen LogP contribution in [0.3, 0.4) is 0 Å². The van der Waals surface area contributed by atoms with E-state index in [1.165, 1.54) is 0 Å². The van der Waals surface area contributed by atoms with Gasteiger partial charge >= 0.3 is 0 Å². The second-order valence-corrected chi connectivity index (χ2v) is 4.02. The minimum Gasteiger partial charge on any atom is -0.389 e. The van der Waals surface area contributed by atoms with Crippen LogP contribution in [0.5, 0.6) is 0 Å². The van der Waals surface area contributed by atoms with Crippen molar-refractivity contribution in [2.75, 3.05) is 0 Å². The number of para-hydroxylation sites is 1. The van der Waals surface area contributed by atoms with Gasteiger partial charge in [-0.05, 0) is 25.5 Å². The van der Waals surface area contributed by atoms with E-state index in [1.807, 2.05) is 38.1 Å². The molecule has 0 aliphatic carbocycles. The largest absolute Gasteiger partial charge is 0.389 e. The Morgan fingerprint density at radius 3 is 2.60 bits per heavy atom. The van der Waals surface area contributed by atoms with E-state index < -0.39 is 0 Å². The van der Waals surface area contributed by atoms with Crippen molar-refractivity contribution in [2.45, 2.75) is 13.8 Å². The van der Waals surface area contributed by atoms with Gasteiger partial charge in [-0.25, -0.2) is 0 Å². The average molecular weight is 216 g/mol. The van der Waals surface area contributed by atoms with Crippen LogP contribution in [-0.4, -0.2) is 9.97 Å². The van der Waals surface area contributed by atoms with Gasteiger partial charge in [0.2, 0.25) is 0 Å². The molecule has 15 heavy (non-hydrogen) atoms. The van der Waals surface area contributed by atoms with Crippen LogP contribution in [0.1, 0.15) is 16.8 Å². The predicted molar refractivity (Wildman–Crippen MR) is 67.1 cm³/mol. The van der Waals surface area contributed by atoms with Crippen molar-refractivity contribution in [3.8, 4) is 0 Å². The van der Waals surface area contributed by atoms with Gasteiger partial charge in [-0.2, -0.15) is 0 Å². The van der Waals surface area contributed by atoms with Crippen molar-refractivity contribution in [3.05, 3.63) is 41.1 Å². The standard InChI is InChI=1S/C12H12N2S/c1-7-8(2)14-10-6-4-3-5-9(10)11(7)12(13)15/h3-6H,1-2H3,(H2,13,15). The topological polar surface area (TPSA) is 38.9 Å². The van der Waals surface area contributed by atoms with Crippen LogP contribution in [0.25, 0.3) is 10.9 Å². The van der Waals surface area contributed by atoms with Crippen LogP contribution in [0.15, 0.2) is 24.3 Å². The van der Waals surface area contributed by atoms with Crippen molar-refractivity contribution in [1.82, 2.24) is 4.98 Å². The molecule has 2 nitrogen and oxygen atoms in total. The predicted octanol–water partition coefficient (Wildman–Crippen LogP) is 2.49. The number of nitrogens with zero attached hydrogens (tertiary/aromatic N) is 1. The van der Waals surface area contributed by atoms with Crippen LogP contribution in [0.4, 0.5) is 0 Å². The van der Waals surface area contributed by atoms with E-state index in [9.17, 15) is 0 Å². The van der Waals surface area contributed by atoms with Gasteiger partial charge in [0, 0.05) is 16.6 Å². The van der Waals surface area contributed by atoms with E-state index in [2.05, 4.69) is 4.98 Å². The normalized spacial score (nSPS) is 10.5. The molecule has 0 aliphatic rings. The lowest BCUT2D eigenvalue weighted by molar-refractivity contribution is 1.19. The number of hydrogen-bond acceptors (Lipinski definition) is 2. The SMILES string of the molecule is Cc1nc2ccccc2c(C(N)=S)c1C. The van der Waals surface area contributed by atoms with Crippen molar-refractivity contribution in [2.24, 2.45) is 5.73 Å². The van der Waals surface area contributed by atoms with E-state index in [0.717, 1.165) is 27.7 Å². The van der Waals surface area contributed by atoms with Crippen molar-refractivity contribution in [1.29, 1.82) is 0 Å². The fourth-order valence-electron chi connectivity index (χ4n) is 1.75. The van der Waals surface area contributed by atoms with Gasteiger partial charge < -0.3 is 5.73 Å². The number of pyridine rings is 1. The molecule has 0 atom stereocenters. The summed E-state index contributed by atoms with van der Waals surface area (Å²) in [6.07, 6.45) is 0. The number of aromatic nitrogens is 1. The highest BCUT2D eigenvalue weighted by Gasteiger charge is 2.10. The second kappa shape index (κ2) is 3.59. The number of hydrogen-bond donors (Lipinski definition) is 1. The van der Waals surface area contributed by atoms with Gasteiger partial charge in [0.1, 0.15) is 4.99 Å². The highest BCUT2D eigenvalue weighted by molar-refractivity contribution is 7.80. The van der Waals surface area contributed by atoms with Gasteiger partial charge in [0.25, 0.3) is 0 Å². The number of fused-ring (bicyclic) bond motifs is 1. The van der Waals surface area contributed by atoms with Crippen molar-refractivity contribution >= 4 is 28.1 Å². The Hall–Kier alpha value is -1.48. The molecule has 3 heteroatoms. The maximum absolute atomic E-state index is 5.75. The van der Waals surface area contributed by atoms with Crippen LogP contribution >= 0.6 is 12.2 Å². The molecule has 76 valence electrons. The summed E-state index contributed by atoms with van der Waals surface area (Å²) < 4.78 is 0. The molecule has 0 radical (unpaired) electrons. The Kier molecular flexibility index (Phi) is 2.40. The summed E-state index contributed by atoms with van der Waals surface area (Å²) in [7, 11) is 0. The van der Waals surface area contributed by atoms with Crippen molar-refractivity contribution in [3.63, 3.8) is 0 Å². The molecule has 0 saturated carbocycles. The first-order valence-corrected chi connectivity index (χ1v) is 5.18. The van der Waals surface area contributed by atoms with E-state index >= 15 is 0 Å². The summed E-state index contributed by atoms with van der Waals surface area (Å²) in [4.78, 5) is 4.94. The molecule has 1 aromatic heterocycles. The van der Waals surface area contributed by atoms with Gasteiger partial charge in [-0.3, -0.25) is 4.98 Å². The number of benzene rings is 1. The van der Waals surface area contributed by atoms with Crippen molar-refractivity contribution < 1.29 is 0 Å². The van der Waals surface area contributed by atoms with Gasteiger partial charge in [-0.15, -0.1) is 0 Å². The minimum absolute atomic E-state index is 0.439. The maximum atomic E-state index is 5.75. The highest BCUT2D eigenvalue weighted by atomic mass is 32.1. The summed E-state index contributed by atoms with van der Waals surface area (Å²) in [6, 6.07) is 7.92. The summed E-state index contributed by atoms with van der Waals surface area (Å²) in [5, 5.41) is 1.04. The smallest absolute Gasteiger partial charge is 0.105 e. The fraction of sp³-hybridized carbons (Fsp3) is 0.167. The first-order chi connectivity index (χ1) is 7.11. The zero-order valence-electron chi connectivity index (χ0n) is 8.74. The fourth-order valence-corrected chi connectivity index (χ4v) is 2.01. The van der Waals surface area contributed by atoms with E-state index in [-0.39, 0.29) is 0 Å². The lowest BCUT2D eigenvalue weighted by atomic mass is 10.0. The summed E-state index contributed by atoms with van der Waals surface area (Å²) in [5.41, 5.74) is 9.71. The molecule has 0 saturated heterocycles. The Balaban J connectivity index is 2.95. The minimum atomic E-state index is 0.439. The molecule has 2 aromatic rings. The molecular formula is C12H12N2S. The molecule has 0 aliphatic heterocycles. The lowest BCUT2D eigenvalue weighted by Crippen LogP contribution is -2.13. The van der Waals surface area contributed by atoms with Crippen LogP contribution in [-0.2, 0) is 0 Å². The number of aryl methyl sites for hydroxylation is 1. The Labute approximate surface area is 94.1 Å². The number of thiocarbonyl (C=S) groups is 1. The van der Waals surface area contributed by atoms with Crippen LogP contribution in [0.2, 0.25) is 0 Å². The molecule has 2 N–H and O–H groups in total. The first kappa shape index (κ1) is 10.1. The first-order valence-electron chi connectivity index (χ1n) is 4.77. The molecule has 0 spiro atoms. The molecule has 2 rings (SSSR count). The molecule has 1 heterocycles. The summed E-state index contributed by atoms with van der Waals surface area (Å²) >= 11 is 5.09. The Morgan fingerprint density at radius 2 is 1.93 bits per heavy atom. The third-order valence-electron chi connectivity index (χ3n) is 2.63. The third-order valence-corrected chi connectivity index (χ3v) is 2.83. The molecule has 0 fully saturated rings. The Morgan fingerprint density at radius 1 is 1.27 bits per heavy atom. The number of rotatable bonds is 1. The lowest BCUT2D eigenvalue weighted by Gasteiger charge is -2.10. The van der Waals surface area contributed by atoms with Gasteiger partial charge in [0.05, 0.1) is 5.52 Å². The average Bonchev–Trinajstić information content (AvgIpc) is 2.19. The zero-order chi connectivity index (χ0) is 11.0. The number of nitrogens with two attached hydrogens (primary N) is 1. The van der Waals surface area contributed by atoms with Gasteiger partial charge in [0.15, 0.2) is 0 Å². The molecule has 1 aromatic carbocycles. The molecular weight excluding hydrogens is 204 g/mol. The monoisotopic (exact) mass is 216 g/mol. The summed E-state index contributed by atoms with van der Waals surface area (Å²) in [5.74, 6) is 0. The second-order valence-electron chi connectivity index (χ2n) is 3.58. The quantitative estimate of drug-likeness (QED) is 0.744. The summed E-state index contributed by atoms with van der Waals surface area (Å²) in [6.45, 7) is 3.98. The van der Waals surface area contributed by atoms with Crippen LogP contribution in [0, 0.1) is 13.8 Å². The van der Waals surface area contributed by atoms with Gasteiger partial charge in [-0.1, -0.05) is 30.4 Å². The van der Waals surface area contributed by atoms with E-state index in [4.69, 9.17) is 18.0 Å². The molecule has 0 unspecified atom stereocenters. The van der Waals surface area contributed by atoms with E-state index in [1.54, 1.807) is 0 Å². The molecule has 0 amide bonds. The third kappa shape index (κ3) is 1.59. The highest BCUT2D eigenvalue weighted by Crippen LogP contribution is 2.22. The Bertz CT molecular complexity index is 547. The van der Waals surface area contributed by atoms with E-state index in [0.29, 0.717) is 4.99 Å². The molecule has 0 bridgehead atoms. The zero-order valence-corrected chi connectivity index (χ0v) is 9.56. The van der Waals surface area contributed by atoms with Crippen LogP contribution < -0.4 is 5.73 Å². The maximum Gasteiger partial charge on any atom is 0.105 e.